The first kappa shape index (κ1) is 20.9. The number of benzene rings is 3. The Kier molecular flexibility index (Phi) is 5.67. The van der Waals surface area contributed by atoms with Gasteiger partial charge in [-0.15, -0.1) is 0 Å². The molecule has 0 aliphatic carbocycles. The highest BCUT2D eigenvalue weighted by molar-refractivity contribution is 7.81. The van der Waals surface area contributed by atoms with Gasteiger partial charge in [-0.2, -0.15) is 4.31 Å². The topological polar surface area (TPSA) is 79.3 Å². The first-order chi connectivity index (χ1) is 14.9. The molecule has 7 nitrogen and oxygen atoms in total. The van der Waals surface area contributed by atoms with E-state index < -0.39 is 23.4 Å². The maximum Gasteiger partial charge on any atom is 0.337 e. The highest BCUT2D eigenvalue weighted by Gasteiger charge is 2.32. The molecule has 0 fully saturated rings. The van der Waals surface area contributed by atoms with Gasteiger partial charge in [0.25, 0.3) is 11.3 Å². The Labute approximate surface area is 183 Å². The molecule has 1 aliphatic rings. The molecule has 160 valence electrons. The monoisotopic (exact) mass is 438 g/mol. The van der Waals surface area contributed by atoms with Crippen LogP contribution in [0.15, 0.2) is 66.7 Å². The van der Waals surface area contributed by atoms with Crippen molar-refractivity contribution in [1.29, 1.82) is 0 Å². The van der Waals surface area contributed by atoms with Crippen LogP contribution in [-0.2, 0) is 11.3 Å². The predicted molar refractivity (Wildman–Crippen MR) is 120 cm³/mol. The molecule has 0 radical (unpaired) electrons. The fourth-order valence-electron chi connectivity index (χ4n) is 3.68. The second-order valence-electron chi connectivity index (χ2n) is 7.22. The van der Waals surface area contributed by atoms with Crippen molar-refractivity contribution < 1.29 is 23.0 Å². The van der Waals surface area contributed by atoms with Gasteiger partial charge in [-0.1, -0.05) is 42.5 Å². The Morgan fingerprint density at radius 2 is 1.81 bits per heavy atom. The zero-order valence-corrected chi connectivity index (χ0v) is 18.1. The molecule has 0 saturated carbocycles. The van der Waals surface area contributed by atoms with Gasteiger partial charge in [0.15, 0.2) is 0 Å². The molecule has 2 unspecified atom stereocenters. The van der Waals surface area contributed by atoms with E-state index in [4.69, 9.17) is 9.47 Å². The Hall–Kier alpha value is -3.36. The van der Waals surface area contributed by atoms with Crippen molar-refractivity contribution in [2.75, 3.05) is 25.5 Å². The number of hydrogen-bond acceptors (Lipinski definition) is 4. The van der Waals surface area contributed by atoms with E-state index >= 15 is 0 Å². The zero-order valence-electron chi connectivity index (χ0n) is 17.3. The van der Waals surface area contributed by atoms with Crippen LogP contribution in [-0.4, -0.2) is 40.9 Å². The molecule has 0 saturated heterocycles. The van der Waals surface area contributed by atoms with E-state index in [0.717, 1.165) is 26.6 Å². The molecule has 3 aromatic carbocycles. The van der Waals surface area contributed by atoms with Gasteiger partial charge in [-0.3, -0.25) is 4.55 Å². The molecule has 2 amide bonds. The van der Waals surface area contributed by atoms with Crippen molar-refractivity contribution in [1.82, 2.24) is 4.90 Å². The van der Waals surface area contributed by atoms with Crippen LogP contribution in [0, 0.1) is 0 Å². The van der Waals surface area contributed by atoms with E-state index in [-0.39, 0.29) is 0 Å². The lowest BCUT2D eigenvalue weighted by Crippen LogP contribution is -2.40. The summed E-state index contributed by atoms with van der Waals surface area (Å²) < 4.78 is 34.6. The second kappa shape index (κ2) is 8.41. The summed E-state index contributed by atoms with van der Waals surface area (Å²) >= 11 is -2.54. The van der Waals surface area contributed by atoms with Gasteiger partial charge in [0.2, 0.25) is 0 Å². The molecule has 1 aliphatic heterocycles. The highest BCUT2D eigenvalue weighted by Crippen LogP contribution is 2.49. The SMILES string of the molecule is COc1cccc2c1-c1ccc(N(C(=O)N(C)C)S(=O)O)cc1C(c1ccccc1)O2. The average Bonchev–Trinajstić information content (AvgIpc) is 2.78. The van der Waals surface area contributed by atoms with Gasteiger partial charge in [-0.25, -0.2) is 9.00 Å². The summed E-state index contributed by atoms with van der Waals surface area (Å²) in [5.41, 5.74) is 3.65. The van der Waals surface area contributed by atoms with Crippen molar-refractivity contribution in [3.63, 3.8) is 0 Å². The summed E-state index contributed by atoms with van der Waals surface area (Å²) in [4.78, 5) is 13.8. The molecule has 31 heavy (non-hydrogen) atoms. The Bertz CT molecular complexity index is 1150. The lowest BCUT2D eigenvalue weighted by molar-refractivity contribution is 0.227. The molecule has 0 aromatic heterocycles. The molecule has 4 rings (SSSR count). The Morgan fingerprint density at radius 1 is 1.06 bits per heavy atom. The molecule has 8 heteroatoms. The number of ether oxygens (including phenoxy) is 2. The number of anilines is 1. The van der Waals surface area contributed by atoms with Crippen LogP contribution in [0.25, 0.3) is 11.1 Å². The molecular weight excluding hydrogens is 416 g/mol. The van der Waals surface area contributed by atoms with E-state index in [9.17, 15) is 13.6 Å². The van der Waals surface area contributed by atoms with Crippen LogP contribution in [0.5, 0.6) is 11.5 Å². The first-order valence-electron chi connectivity index (χ1n) is 9.57. The van der Waals surface area contributed by atoms with Gasteiger partial charge in [0.05, 0.1) is 18.4 Å². The lowest BCUT2D eigenvalue weighted by atomic mass is 9.88. The molecule has 2 atom stereocenters. The quantitative estimate of drug-likeness (QED) is 0.608. The third-order valence-electron chi connectivity index (χ3n) is 5.09. The number of methoxy groups -OCH3 is 1. The summed E-state index contributed by atoms with van der Waals surface area (Å²) in [6, 6.07) is 19.9. The minimum atomic E-state index is -2.54. The van der Waals surface area contributed by atoms with Crippen LogP contribution in [0.2, 0.25) is 0 Å². The number of carbonyl (C=O) groups is 1. The van der Waals surface area contributed by atoms with Gasteiger partial charge < -0.3 is 14.4 Å². The molecule has 1 N–H and O–H groups in total. The Balaban J connectivity index is 1.94. The minimum absolute atomic E-state index is 0.293. The maximum absolute atomic E-state index is 12.6. The summed E-state index contributed by atoms with van der Waals surface area (Å²) in [6.07, 6.45) is -0.459. The van der Waals surface area contributed by atoms with Crippen LogP contribution in [0.1, 0.15) is 17.2 Å². The van der Waals surface area contributed by atoms with Gasteiger partial charge in [0, 0.05) is 19.7 Å². The fourth-order valence-corrected chi connectivity index (χ4v) is 4.27. The van der Waals surface area contributed by atoms with E-state index in [0.29, 0.717) is 17.2 Å². The zero-order chi connectivity index (χ0) is 22.1. The Morgan fingerprint density at radius 3 is 2.45 bits per heavy atom. The van der Waals surface area contributed by atoms with Gasteiger partial charge in [-0.05, 0) is 35.4 Å². The van der Waals surface area contributed by atoms with Crippen molar-refractivity contribution in [3.8, 4) is 22.6 Å². The van der Waals surface area contributed by atoms with Crippen LogP contribution in [0.3, 0.4) is 0 Å². The number of rotatable bonds is 4. The third-order valence-corrected chi connectivity index (χ3v) is 5.77. The largest absolute Gasteiger partial charge is 0.496 e. The van der Waals surface area contributed by atoms with Crippen molar-refractivity contribution in [3.05, 3.63) is 77.9 Å². The average molecular weight is 439 g/mol. The summed E-state index contributed by atoms with van der Waals surface area (Å²) in [5.74, 6) is 1.34. The number of hydrogen-bond donors (Lipinski definition) is 1. The summed E-state index contributed by atoms with van der Waals surface area (Å²) in [7, 11) is 4.65. The number of amides is 2. The molecule has 0 bridgehead atoms. The van der Waals surface area contributed by atoms with E-state index in [1.165, 1.54) is 19.0 Å². The number of urea groups is 1. The highest BCUT2D eigenvalue weighted by atomic mass is 32.2. The van der Waals surface area contributed by atoms with Gasteiger partial charge >= 0.3 is 6.03 Å². The van der Waals surface area contributed by atoms with E-state index in [1.54, 1.807) is 19.2 Å². The van der Waals surface area contributed by atoms with E-state index in [2.05, 4.69) is 0 Å². The number of fused-ring (bicyclic) bond motifs is 3. The fraction of sp³-hybridized carbons (Fsp3) is 0.174. The van der Waals surface area contributed by atoms with Crippen LogP contribution < -0.4 is 13.8 Å². The van der Waals surface area contributed by atoms with E-state index in [1.807, 2.05) is 54.6 Å². The third kappa shape index (κ3) is 3.75. The lowest BCUT2D eigenvalue weighted by Gasteiger charge is -2.31. The first-order valence-corrected chi connectivity index (χ1v) is 10.6. The van der Waals surface area contributed by atoms with Crippen molar-refractivity contribution in [2.24, 2.45) is 0 Å². The number of nitrogens with zero attached hydrogens (tertiary/aromatic N) is 2. The summed E-state index contributed by atoms with van der Waals surface area (Å²) in [5, 5.41) is 0. The molecule has 0 spiro atoms. The predicted octanol–water partition coefficient (Wildman–Crippen LogP) is 4.47. The van der Waals surface area contributed by atoms with Crippen molar-refractivity contribution in [2.45, 2.75) is 6.10 Å². The van der Waals surface area contributed by atoms with Crippen LogP contribution in [0.4, 0.5) is 10.5 Å². The molecule has 3 aromatic rings. The second-order valence-corrected chi connectivity index (χ2v) is 8.04. The molecule has 1 heterocycles. The summed E-state index contributed by atoms with van der Waals surface area (Å²) in [6.45, 7) is 0. The number of carbonyl (C=O) groups excluding carboxylic acids is 1. The standard InChI is InChI=1S/C23H22N2O5S/c1-24(2)23(26)25(31(27)28)16-12-13-17-18(14-16)22(15-8-5-4-6-9-15)30-20-11-7-10-19(29-3)21(17)20/h4-14,22H,1-3H3,(H,27,28). The molecular formula is C23H22N2O5S. The van der Waals surface area contributed by atoms with Gasteiger partial charge in [0.1, 0.15) is 17.6 Å². The van der Waals surface area contributed by atoms with Crippen LogP contribution >= 0.6 is 0 Å². The normalized spacial score (nSPS) is 15.2. The smallest absolute Gasteiger partial charge is 0.337 e. The maximum atomic E-state index is 12.6. The minimum Gasteiger partial charge on any atom is -0.496 e. The van der Waals surface area contributed by atoms with Crippen molar-refractivity contribution >= 4 is 23.0 Å².